The molecule has 1 fully saturated rings. The topological polar surface area (TPSA) is 29.5 Å². The van der Waals surface area contributed by atoms with E-state index in [-0.39, 0.29) is 11.9 Å². The quantitative estimate of drug-likeness (QED) is 0.797. The second kappa shape index (κ2) is 6.78. The van der Waals surface area contributed by atoms with Gasteiger partial charge in [-0.25, -0.2) is 4.79 Å². The molecular weight excluding hydrogens is 298 g/mol. The maximum atomic E-state index is 12.8. The van der Waals surface area contributed by atoms with Crippen molar-refractivity contribution in [1.29, 1.82) is 0 Å². The van der Waals surface area contributed by atoms with Gasteiger partial charge in [0.15, 0.2) is 0 Å². The minimum atomic E-state index is -0.583. The highest BCUT2D eigenvalue weighted by Gasteiger charge is 2.47. The van der Waals surface area contributed by atoms with E-state index in [4.69, 9.17) is 4.74 Å². The number of benzene rings is 2. The molecule has 1 aliphatic heterocycles. The maximum absolute atomic E-state index is 12.8. The second-order valence-electron chi connectivity index (χ2n) is 6.90. The first-order valence-electron chi connectivity index (χ1n) is 8.57. The first kappa shape index (κ1) is 16.7. The second-order valence-corrected chi connectivity index (χ2v) is 6.90. The molecule has 0 spiro atoms. The molecule has 3 rings (SSSR count). The number of likely N-dealkylation sites (tertiary alicyclic amines) is 1. The predicted molar refractivity (Wildman–Crippen MR) is 95.9 cm³/mol. The minimum absolute atomic E-state index is 0.216. The van der Waals surface area contributed by atoms with Crippen LogP contribution in [0.1, 0.15) is 36.2 Å². The normalized spacial score (nSPS) is 27.6. The molecule has 0 saturated carbocycles. The van der Waals surface area contributed by atoms with Gasteiger partial charge in [0.25, 0.3) is 0 Å². The molecule has 2 aromatic rings. The van der Waals surface area contributed by atoms with Gasteiger partial charge >= 0.3 is 5.97 Å². The molecule has 0 radical (unpaired) electrons. The van der Waals surface area contributed by atoms with Gasteiger partial charge in [-0.2, -0.15) is 0 Å². The van der Waals surface area contributed by atoms with Crippen LogP contribution in [0.5, 0.6) is 0 Å². The first-order chi connectivity index (χ1) is 11.5. The smallest absolute Gasteiger partial charge is 0.339 e. The highest BCUT2D eigenvalue weighted by atomic mass is 16.6. The molecule has 126 valence electrons. The number of ether oxygens (including phenoxy) is 1. The molecule has 0 amide bonds. The van der Waals surface area contributed by atoms with Crippen molar-refractivity contribution in [3.8, 4) is 0 Å². The molecule has 0 bridgehead atoms. The maximum Gasteiger partial charge on any atom is 0.339 e. The Morgan fingerprint density at radius 1 is 1.04 bits per heavy atom. The van der Waals surface area contributed by atoms with Crippen molar-refractivity contribution >= 4 is 5.97 Å². The van der Waals surface area contributed by atoms with E-state index in [0.29, 0.717) is 11.6 Å². The first-order valence-corrected chi connectivity index (χ1v) is 8.57. The van der Waals surface area contributed by atoms with Crippen LogP contribution in [0.2, 0.25) is 0 Å². The molecule has 0 N–H and O–H groups in total. The summed E-state index contributed by atoms with van der Waals surface area (Å²) in [6, 6.07) is 19.8. The van der Waals surface area contributed by atoms with Crippen molar-refractivity contribution in [3.05, 3.63) is 71.8 Å². The summed E-state index contributed by atoms with van der Waals surface area (Å²) in [5, 5.41) is 0. The van der Waals surface area contributed by atoms with Crippen molar-refractivity contribution in [3.63, 3.8) is 0 Å². The SMILES string of the molecule is C[C@@H]1CN(C)[C@@H](C)C[C@]1(OC(=O)c1ccccc1)c1ccccc1. The van der Waals surface area contributed by atoms with Crippen LogP contribution in [0.4, 0.5) is 0 Å². The van der Waals surface area contributed by atoms with Crippen LogP contribution in [0.25, 0.3) is 0 Å². The zero-order valence-corrected chi connectivity index (χ0v) is 14.6. The lowest BCUT2D eigenvalue weighted by molar-refractivity contribution is -0.0989. The van der Waals surface area contributed by atoms with Crippen LogP contribution in [0.3, 0.4) is 0 Å². The van der Waals surface area contributed by atoms with E-state index in [1.165, 1.54) is 0 Å². The number of piperidine rings is 1. The number of carbonyl (C=O) groups excluding carboxylic acids is 1. The number of rotatable bonds is 3. The van der Waals surface area contributed by atoms with Crippen molar-refractivity contribution in [2.45, 2.75) is 31.9 Å². The summed E-state index contributed by atoms with van der Waals surface area (Å²) in [4.78, 5) is 15.1. The van der Waals surface area contributed by atoms with Gasteiger partial charge < -0.3 is 9.64 Å². The van der Waals surface area contributed by atoms with Crippen LogP contribution < -0.4 is 0 Å². The zero-order chi connectivity index (χ0) is 17.2. The lowest BCUT2D eigenvalue weighted by atomic mass is 9.74. The summed E-state index contributed by atoms with van der Waals surface area (Å²) in [5.41, 5.74) is 1.11. The Morgan fingerprint density at radius 3 is 2.25 bits per heavy atom. The molecule has 1 heterocycles. The Morgan fingerprint density at radius 2 is 1.62 bits per heavy atom. The minimum Gasteiger partial charge on any atom is -0.450 e. The average molecular weight is 323 g/mol. The van der Waals surface area contributed by atoms with Gasteiger partial charge in [-0.3, -0.25) is 0 Å². The number of hydrogen-bond acceptors (Lipinski definition) is 3. The molecule has 3 heteroatoms. The zero-order valence-electron chi connectivity index (χ0n) is 14.6. The molecule has 0 unspecified atom stereocenters. The average Bonchev–Trinajstić information content (AvgIpc) is 2.61. The lowest BCUT2D eigenvalue weighted by Gasteiger charge is -2.48. The Balaban J connectivity index is 1.98. The van der Waals surface area contributed by atoms with Crippen LogP contribution in [0, 0.1) is 5.92 Å². The summed E-state index contributed by atoms with van der Waals surface area (Å²) in [6.45, 7) is 5.27. The van der Waals surface area contributed by atoms with E-state index >= 15 is 0 Å². The molecule has 3 nitrogen and oxygen atoms in total. The van der Waals surface area contributed by atoms with Gasteiger partial charge in [-0.15, -0.1) is 0 Å². The van der Waals surface area contributed by atoms with Gasteiger partial charge in [-0.05, 0) is 31.7 Å². The van der Waals surface area contributed by atoms with E-state index in [0.717, 1.165) is 18.5 Å². The summed E-state index contributed by atoms with van der Waals surface area (Å²) < 4.78 is 6.22. The predicted octanol–water partition coefficient (Wildman–Crippen LogP) is 4.10. The molecular formula is C21H25NO2. The van der Waals surface area contributed by atoms with Gasteiger partial charge in [0.2, 0.25) is 0 Å². The van der Waals surface area contributed by atoms with Crippen LogP contribution in [0.15, 0.2) is 60.7 Å². The summed E-state index contributed by atoms with van der Waals surface area (Å²) in [7, 11) is 2.13. The number of carbonyl (C=O) groups is 1. The Hall–Kier alpha value is -2.13. The fraction of sp³-hybridized carbons (Fsp3) is 0.381. The molecule has 3 atom stereocenters. The molecule has 0 aliphatic carbocycles. The number of esters is 1. The van der Waals surface area contributed by atoms with E-state index < -0.39 is 5.60 Å². The van der Waals surface area contributed by atoms with Crippen LogP contribution in [-0.4, -0.2) is 30.5 Å². The van der Waals surface area contributed by atoms with Crippen LogP contribution >= 0.6 is 0 Å². The third-order valence-electron chi connectivity index (χ3n) is 5.26. The van der Waals surface area contributed by atoms with E-state index in [1.807, 2.05) is 48.5 Å². The van der Waals surface area contributed by atoms with Crippen molar-refractivity contribution in [2.24, 2.45) is 5.92 Å². The van der Waals surface area contributed by atoms with Gasteiger partial charge in [0.1, 0.15) is 5.60 Å². The monoisotopic (exact) mass is 323 g/mol. The lowest BCUT2D eigenvalue weighted by Crippen LogP contribution is -2.53. The van der Waals surface area contributed by atoms with Gasteiger partial charge in [0, 0.05) is 24.9 Å². The third-order valence-corrected chi connectivity index (χ3v) is 5.26. The fourth-order valence-electron chi connectivity index (χ4n) is 3.68. The third kappa shape index (κ3) is 3.09. The van der Waals surface area contributed by atoms with E-state index in [2.05, 4.69) is 37.9 Å². The molecule has 0 aromatic heterocycles. The molecule has 1 aliphatic rings. The summed E-state index contributed by atoms with van der Waals surface area (Å²) >= 11 is 0. The fourth-order valence-corrected chi connectivity index (χ4v) is 3.68. The van der Waals surface area contributed by atoms with Crippen molar-refractivity contribution in [2.75, 3.05) is 13.6 Å². The highest BCUT2D eigenvalue weighted by Crippen LogP contribution is 2.43. The highest BCUT2D eigenvalue weighted by molar-refractivity contribution is 5.89. The summed E-state index contributed by atoms with van der Waals surface area (Å²) in [6.07, 6.45) is 0.799. The molecule has 24 heavy (non-hydrogen) atoms. The van der Waals surface area contributed by atoms with Gasteiger partial charge in [-0.1, -0.05) is 55.5 Å². The molecule has 2 aromatic carbocycles. The Bertz CT molecular complexity index is 685. The Kier molecular flexibility index (Phi) is 4.72. The number of hydrogen-bond donors (Lipinski definition) is 0. The summed E-state index contributed by atoms with van der Waals surface area (Å²) in [5.74, 6) is -0.0307. The number of nitrogens with zero attached hydrogens (tertiary/aromatic N) is 1. The van der Waals surface area contributed by atoms with Crippen molar-refractivity contribution < 1.29 is 9.53 Å². The van der Waals surface area contributed by atoms with Gasteiger partial charge in [0.05, 0.1) is 5.56 Å². The Labute approximate surface area is 144 Å². The molecule has 1 saturated heterocycles. The standard InChI is InChI=1S/C21H25NO2/c1-16-15-22(3)17(2)14-21(16,19-12-8-5-9-13-19)24-20(23)18-10-6-4-7-11-18/h4-13,16-17H,14-15H2,1-3H3/t16-,17+,21-/m1/s1. The van der Waals surface area contributed by atoms with E-state index in [9.17, 15) is 4.79 Å². The van der Waals surface area contributed by atoms with Crippen molar-refractivity contribution in [1.82, 2.24) is 4.90 Å². The van der Waals surface area contributed by atoms with E-state index in [1.54, 1.807) is 0 Å². The van der Waals surface area contributed by atoms with Crippen LogP contribution in [-0.2, 0) is 10.3 Å². The largest absolute Gasteiger partial charge is 0.450 e.